The predicted octanol–water partition coefficient (Wildman–Crippen LogP) is 4.67. The fourth-order valence-corrected chi connectivity index (χ4v) is 3.71. The monoisotopic (exact) mass is 397 g/mol. The second kappa shape index (κ2) is 7.31. The Labute approximate surface area is 168 Å². The zero-order valence-electron chi connectivity index (χ0n) is 17.1. The fourth-order valence-electron chi connectivity index (χ4n) is 3.71. The van der Waals surface area contributed by atoms with Crippen LogP contribution in [0.4, 0.5) is 9.18 Å². The van der Waals surface area contributed by atoms with Crippen molar-refractivity contribution in [3.05, 3.63) is 70.0 Å². The van der Waals surface area contributed by atoms with Crippen molar-refractivity contribution in [1.29, 1.82) is 0 Å². The van der Waals surface area contributed by atoms with Crippen LogP contribution in [0, 0.1) is 12.7 Å². The summed E-state index contributed by atoms with van der Waals surface area (Å²) in [4.78, 5) is 31.4. The minimum absolute atomic E-state index is 0.232. The molecule has 0 spiro atoms. The number of carbonyl (C=O) groups is 1. The van der Waals surface area contributed by atoms with Gasteiger partial charge >= 0.3 is 6.09 Å². The number of carboxylic acid groups (broad SMARTS) is 1. The average molecular weight is 397 g/mol. The fraction of sp³-hybridized carbons (Fsp3) is 0.318. The molecule has 1 N–H and O–H groups in total. The van der Waals surface area contributed by atoms with E-state index in [-0.39, 0.29) is 11.4 Å². The van der Waals surface area contributed by atoms with Crippen LogP contribution in [0.25, 0.3) is 16.6 Å². The molecule has 1 aromatic heterocycles. The first-order chi connectivity index (χ1) is 13.5. The lowest BCUT2D eigenvalue weighted by atomic mass is 10.0. The molecule has 1 heterocycles. The Kier molecular flexibility index (Phi) is 5.17. The van der Waals surface area contributed by atoms with E-state index < -0.39 is 23.5 Å². The van der Waals surface area contributed by atoms with Gasteiger partial charge in [0.2, 0.25) is 0 Å². The third-order valence-corrected chi connectivity index (χ3v) is 4.89. The van der Waals surface area contributed by atoms with Crippen LogP contribution >= 0.6 is 0 Å². The molecule has 152 valence electrons. The van der Waals surface area contributed by atoms with E-state index in [9.17, 15) is 19.1 Å². The van der Waals surface area contributed by atoms with Gasteiger partial charge in [0.05, 0.1) is 22.6 Å². The number of halogens is 1. The van der Waals surface area contributed by atoms with E-state index in [1.807, 2.05) is 13.0 Å². The summed E-state index contributed by atoms with van der Waals surface area (Å²) in [5.74, 6) is -0.264. The molecule has 0 saturated heterocycles. The van der Waals surface area contributed by atoms with Gasteiger partial charge in [0.15, 0.2) is 0 Å². The standard InChI is InChI=1S/C22H24FN3O3/c1-13-8-6-11-17-18(13)20(27)25(16-10-7-9-15(23)12-16)19(24-17)14(2)26(21(28)29)22(3,4)5/h6-12,14H,1-5H3,(H,28,29). The number of fused-ring (bicyclic) bond motifs is 1. The lowest BCUT2D eigenvalue weighted by molar-refractivity contribution is 0.0719. The number of amides is 1. The normalized spacial score (nSPS) is 12.8. The van der Waals surface area contributed by atoms with Crippen molar-refractivity contribution in [2.75, 3.05) is 0 Å². The van der Waals surface area contributed by atoms with Gasteiger partial charge in [-0.3, -0.25) is 14.3 Å². The molecule has 0 aliphatic carbocycles. The highest BCUT2D eigenvalue weighted by Crippen LogP contribution is 2.29. The van der Waals surface area contributed by atoms with E-state index in [0.717, 1.165) is 5.56 Å². The van der Waals surface area contributed by atoms with Gasteiger partial charge in [0, 0.05) is 5.54 Å². The van der Waals surface area contributed by atoms with Crippen LogP contribution in [0.2, 0.25) is 0 Å². The van der Waals surface area contributed by atoms with Gasteiger partial charge < -0.3 is 5.11 Å². The van der Waals surface area contributed by atoms with Crippen LogP contribution in [0.5, 0.6) is 0 Å². The average Bonchev–Trinajstić information content (AvgIpc) is 2.59. The Morgan fingerprint density at radius 2 is 1.86 bits per heavy atom. The van der Waals surface area contributed by atoms with Gasteiger partial charge in [-0.1, -0.05) is 18.2 Å². The minimum atomic E-state index is -1.13. The highest BCUT2D eigenvalue weighted by molar-refractivity contribution is 5.81. The Morgan fingerprint density at radius 1 is 1.21 bits per heavy atom. The first-order valence-corrected chi connectivity index (χ1v) is 9.33. The second-order valence-corrected chi connectivity index (χ2v) is 8.06. The molecular formula is C22H24FN3O3. The molecule has 1 unspecified atom stereocenters. The quantitative estimate of drug-likeness (QED) is 0.697. The summed E-state index contributed by atoms with van der Waals surface area (Å²) in [5, 5.41) is 10.2. The van der Waals surface area contributed by atoms with Crippen LogP contribution in [0.3, 0.4) is 0 Å². The summed E-state index contributed by atoms with van der Waals surface area (Å²) in [6.45, 7) is 8.80. The van der Waals surface area contributed by atoms with Crippen LogP contribution in [-0.2, 0) is 0 Å². The SMILES string of the molecule is Cc1cccc2nc(C(C)N(C(=O)O)C(C)(C)C)n(-c3cccc(F)c3)c(=O)c12. The van der Waals surface area contributed by atoms with Gasteiger partial charge in [0.25, 0.3) is 5.56 Å². The second-order valence-electron chi connectivity index (χ2n) is 8.06. The van der Waals surface area contributed by atoms with Gasteiger partial charge in [-0.25, -0.2) is 14.2 Å². The van der Waals surface area contributed by atoms with Crippen LogP contribution in [0.15, 0.2) is 47.3 Å². The molecule has 0 saturated carbocycles. The van der Waals surface area contributed by atoms with Gasteiger partial charge in [-0.05, 0) is 64.4 Å². The number of rotatable bonds is 3. The Bertz CT molecular complexity index is 1150. The summed E-state index contributed by atoms with van der Waals surface area (Å²) in [6, 6.07) is 10.2. The number of hydrogen-bond donors (Lipinski definition) is 1. The van der Waals surface area contributed by atoms with Crippen molar-refractivity contribution >= 4 is 17.0 Å². The summed E-state index contributed by atoms with van der Waals surface area (Å²) in [6.07, 6.45) is -1.13. The maximum Gasteiger partial charge on any atom is 0.408 e. The molecule has 1 amide bonds. The molecule has 29 heavy (non-hydrogen) atoms. The predicted molar refractivity (Wildman–Crippen MR) is 110 cm³/mol. The van der Waals surface area contributed by atoms with Gasteiger partial charge in [0.1, 0.15) is 11.6 Å². The Morgan fingerprint density at radius 3 is 2.45 bits per heavy atom. The zero-order chi connectivity index (χ0) is 21.5. The van der Waals surface area contributed by atoms with Crippen molar-refractivity contribution in [2.24, 2.45) is 0 Å². The van der Waals surface area contributed by atoms with Gasteiger partial charge in [-0.2, -0.15) is 0 Å². The summed E-state index contributed by atoms with van der Waals surface area (Å²) in [5.41, 5.74) is 0.421. The van der Waals surface area contributed by atoms with Crippen molar-refractivity contribution < 1.29 is 14.3 Å². The molecule has 3 rings (SSSR count). The third kappa shape index (κ3) is 3.72. The number of nitrogens with zero attached hydrogens (tertiary/aromatic N) is 3. The molecule has 0 aliphatic rings. The molecular weight excluding hydrogens is 373 g/mol. The van der Waals surface area contributed by atoms with E-state index in [1.54, 1.807) is 45.9 Å². The molecule has 0 aliphatic heterocycles. The molecule has 1 atom stereocenters. The Balaban J connectivity index is 2.41. The number of benzene rings is 2. The number of aryl methyl sites for hydroxylation is 1. The molecule has 0 bridgehead atoms. The first-order valence-electron chi connectivity index (χ1n) is 9.33. The van der Waals surface area contributed by atoms with Gasteiger partial charge in [-0.15, -0.1) is 0 Å². The maximum absolute atomic E-state index is 13.9. The molecule has 0 radical (unpaired) electrons. The zero-order valence-corrected chi connectivity index (χ0v) is 17.1. The van der Waals surface area contributed by atoms with E-state index in [4.69, 9.17) is 0 Å². The summed E-state index contributed by atoms with van der Waals surface area (Å²) < 4.78 is 15.3. The highest BCUT2D eigenvalue weighted by atomic mass is 19.1. The molecule has 0 fully saturated rings. The lowest BCUT2D eigenvalue weighted by Gasteiger charge is -2.38. The summed E-state index contributed by atoms with van der Waals surface area (Å²) >= 11 is 0. The topological polar surface area (TPSA) is 75.4 Å². The largest absolute Gasteiger partial charge is 0.465 e. The van der Waals surface area contributed by atoms with Crippen LogP contribution in [-0.4, -0.2) is 31.2 Å². The molecule has 7 heteroatoms. The highest BCUT2D eigenvalue weighted by Gasteiger charge is 2.34. The van der Waals surface area contributed by atoms with E-state index in [1.165, 1.54) is 27.7 Å². The third-order valence-electron chi connectivity index (χ3n) is 4.89. The molecule has 3 aromatic rings. The van der Waals surface area contributed by atoms with E-state index in [0.29, 0.717) is 16.6 Å². The summed E-state index contributed by atoms with van der Waals surface area (Å²) in [7, 11) is 0. The van der Waals surface area contributed by atoms with Crippen molar-refractivity contribution in [3.63, 3.8) is 0 Å². The van der Waals surface area contributed by atoms with Crippen LogP contribution in [0.1, 0.15) is 45.1 Å². The maximum atomic E-state index is 13.9. The smallest absolute Gasteiger partial charge is 0.408 e. The van der Waals surface area contributed by atoms with Crippen molar-refractivity contribution in [1.82, 2.24) is 14.5 Å². The van der Waals surface area contributed by atoms with Crippen molar-refractivity contribution in [2.45, 2.75) is 46.2 Å². The number of hydrogen-bond acceptors (Lipinski definition) is 3. The first kappa shape index (κ1) is 20.5. The van der Waals surface area contributed by atoms with E-state index in [2.05, 4.69) is 4.98 Å². The van der Waals surface area contributed by atoms with Crippen molar-refractivity contribution in [3.8, 4) is 5.69 Å². The van der Waals surface area contributed by atoms with E-state index >= 15 is 0 Å². The Hall–Kier alpha value is -3.22. The van der Waals surface area contributed by atoms with Crippen LogP contribution < -0.4 is 5.56 Å². The number of aromatic nitrogens is 2. The lowest BCUT2D eigenvalue weighted by Crippen LogP contribution is -2.47. The minimum Gasteiger partial charge on any atom is -0.465 e. The molecule has 6 nitrogen and oxygen atoms in total. The molecule has 2 aromatic carbocycles.